The van der Waals surface area contributed by atoms with E-state index in [1.165, 1.54) is 50.0 Å². The molecule has 6 rings (SSSR count). The standard InChI is InChI=1S/C35H31N3/c1-3-9-34-37-35-24(2)20-29(26-10-5-4-6-11-26)22-33(35)38(34)23-25-14-17-31-28(21-25)16-15-27-12-7-8-13-30(27)32(31)18-19-36/h4-8,10-14,17-18,20-22H,3,9,15-16,23H2,1-2H3/b32-18+. The maximum absolute atomic E-state index is 9.56. The van der Waals surface area contributed by atoms with Crippen LogP contribution in [-0.4, -0.2) is 9.55 Å². The van der Waals surface area contributed by atoms with E-state index in [0.717, 1.165) is 49.1 Å². The summed E-state index contributed by atoms with van der Waals surface area (Å²) in [4.78, 5) is 5.12. The van der Waals surface area contributed by atoms with E-state index in [1.54, 1.807) is 6.08 Å². The van der Waals surface area contributed by atoms with Crippen LogP contribution in [0.1, 0.15) is 52.5 Å². The molecular weight excluding hydrogens is 462 g/mol. The van der Waals surface area contributed by atoms with Crippen LogP contribution < -0.4 is 0 Å². The predicted octanol–water partition coefficient (Wildman–Crippen LogP) is 8.07. The van der Waals surface area contributed by atoms with Crippen molar-refractivity contribution < 1.29 is 0 Å². The van der Waals surface area contributed by atoms with E-state index in [1.807, 2.05) is 0 Å². The summed E-state index contributed by atoms with van der Waals surface area (Å²) in [7, 11) is 0. The second-order valence-electron chi connectivity index (χ2n) is 10.2. The number of nitriles is 1. The van der Waals surface area contributed by atoms with E-state index in [4.69, 9.17) is 4.98 Å². The summed E-state index contributed by atoms with van der Waals surface area (Å²) in [5.74, 6) is 1.14. The fourth-order valence-corrected chi connectivity index (χ4v) is 5.86. The molecule has 3 nitrogen and oxygen atoms in total. The summed E-state index contributed by atoms with van der Waals surface area (Å²) in [5.41, 5.74) is 13.2. The number of aryl methyl sites for hydroxylation is 4. The molecule has 1 aromatic heterocycles. The summed E-state index contributed by atoms with van der Waals surface area (Å²) in [5, 5.41) is 9.56. The highest BCUT2D eigenvalue weighted by Gasteiger charge is 2.19. The van der Waals surface area contributed by atoms with Crippen molar-refractivity contribution in [2.24, 2.45) is 0 Å². The molecule has 0 atom stereocenters. The Morgan fingerprint density at radius 3 is 2.45 bits per heavy atom. The van der Waals surface area contributed by atoms with Gasteiger partial charge in [-0.15, -0.1) is 0 Å². The molecule has 0 amide bonds. The average molecular weight is 494 g/mol. The molecule has 5 aromatic rings. The van der Waals surface area contributed by atoms with Crippen molar-refractivity contribution in [3.8, 4) is 17.2 Å². The second kappa shape index (κ2) is 10.1. The molecule has 1 aliphatic rings. The maximum atomic E-state index is 9.56. The van der Waals surface area contributed by atoms with Crippen LogP contribution in [0.15, 0.2) is 91.0 Å². The monoisotopic (exact) mass is 493 g/mol. The van der Waals surface area contributed by atoms with Gasteiger partial charge in [-0.1, -0.05) is 79.7 Å². The minimum Gasteiger partial charge on any atom is -0.323 e. The lowest BCUT2D eigenvalue weighted by Crippen LogP contribution is -2.06. The number of rotatable bonds is 5. The molecule has 0 spiro atoms. The molecule has 38 heavy (non-hydrogen) atoms. The van der Waals surface area contributed by atoms with Crippen LogP contribution in [0, 0.1) is 18.3 Å². The van der Waals surface area contributed by atoms with Gasteiger partial charge >= 0.3 is 0 Å². The van der Waals surface area contributed by atoms with Crippen molar-refractivity contribution in [3.05, 3.63) is 130 Å². The molecular formula is C35H31N3. The Kier molecular flexibility index (Phi) is 6.40. The molecule has 0 radical (unpaired) electrons. The van der Waals surface area contributed by atoms with Gasteiger partial charge in [0.15, 0.2) is 0 Å². The fourth-order valence-electron chi connectivity index (χ4n) is 5.86. The molecule has 3 heteroatoms. The van der Waals surface area contributed by atoms with E-state index >= 15 is 0 Å². The van der Waals surface area contributed by atoms with Crippen molar-refractivity contribution >= 4 is 16.6 Å². The van der Waals surface area contributed by atoms with E-state index in [9.17, 15) is 5.26 Å². The highest BCUT2D eigenvalue weighted by Crippen LogP contribution is 2.35. The molecule has 0 fully saturated rings. The molecule has 1 aliphatic carbocycles. The van der Waals surface area contributed by atoms with Gasteiger partial charge in [0.2, 0.25) is 0 Å². The van der Waals surface area contributed by atoms with Crippen LogP contribution in [-0.2, 0) is 25.8 Å². The first kappa shape index (κ1) is 23.9. The van der Waals surface area contributed by atoms with Crippen LogP contribution in [0.25, 0.3) is 27.7 Å². The first-order valence-electron chi connectivity index (χ1n) is 13.5. The zero-order valence-electron chi connectivity index (χ0n) is 22.0. The lowest BCUT2D eigenvalue weighted by atomic mass is 9.93. The lowest BCUT2D eigenvalue weighted by molar-refractivity contribution is 0.721. The number of fused-ring (bicyclic) bond motifs is 3. The zero-order valence-corrected chi connectivity index (χ0v) is 22.0. The Labute approximate surface area is 224 Å². The number of allylic oxidation sites excluding steroid dienone is 1. The maximum Gasteiger partial charge on any atom is 0.110 e. The molecule has 0 aliphatic heterocycles. The van der Waals surface area contributed by atoms with Crippen molar-refractivity contribution in [1.29, 1.82) is 5.26 Å². The molecule has 1 heterocycles. The van der Waals surface area contributed by atoms with Gasteiger partial charge in [0, 0.05) is 19.0 Å². The normalized spacial score (nSPS) is 13.7. The van der Waals surface area contributed by atoms with Crippen molar-refractivity contribution in [3.63, 3.8) is 0 Å². The number of hydrogen-bond acceptors (Lipinski definition) is 2. The molecule has 186 valence electrons. The van der Waals surface area contributed by atoms with E-state index in [-0.39, 0.29) is 0 Å². The number of aromatic nitrogens is 2. The van der Waals surface area contributed by atoms with E-state index in [2.05, 4.69) is 109 Å². The van der Waals surface area contributed by atoms with Gasteiger partial charge in [-0.3, -0.25) is 0 Å². The Balaban J connectivity index is 1.44. The largest absolute Gasteiger partial charge is 0.323 e. The molecule has 4 aromatic carbocycles. The topological polar surface area (TPSA) is 41.6 Å². The number of hydrogen-bond donors (Lipinski definition) is 0. The zero-order chi connectivity index (χ0) is 26.1. The van der Waals surface area contributed by atoms with Crippen LogP contribution in [0.3, 0.4) is 0 Å². The third-order valence-electron chi connectivity index (χ3n) is 7.68. The van der Waals surface area contributed by atoms with Gasteiger partial charge in [-0.2, -0.15) is 5.26 Å². The highest BCUT2D eigenvalue weighted by atomic mass is 15.1. The second-order valence-corrected chi connectivity index (χ2v) is 10.2. The summed E-state index contributed by atoms with van der Waals surface area (Å²) in [6.07, 6.45) is 5.65. The molecule has 0 N–H and O–H groups in total. The first-order chi connectivity index (χ1) is 18.7. The quantitative estimate of drug-likeness (QED) is 0.232. The predicted molar refractivity (Wildman–Crippen MR) is 156 cm³/mol. The fraction of sp³-hybridized carbons (Fsp3) is 0.200. The van der Waals surface area contributed by atoms with E-state index < -0.39 is 0 Å². The van der Waals surface area contributed by atoms with Crippen LogP contribution >= 0.6 is 0 Å². The third-order valence-corrected chi connectivity index (χ3v) is 7.68. The summed E-state index contributed by atoms with van der Waals surface area (Å²) in [6, 6.07) is 32.7. The summed E-state index contributed by atoms with van der Waals surface area (Å²) >= 11 is 0. The van der Waals surface area contributed by atoms with Gasteiger partial charge < -0.3 is 4.57 Å². The molecule has 0 bridgehead atoms. The van der Waals surface area contributed by atoms with Crippen molar-refractivity contribution in [2.75, 3.05) is 0 Å². The first-order valence-corrected chi connectivity index (χ1v) is 13.5. The van der Waals surface area contributed by atoms with Gasteiger partial charge in [0.25, 0.3) is 0 Å². The molecule has 0 saturated heterocycles. The third kappa shape index (κ3) is 4.33. The van der Waals surface area contributed by atoms with E-state index in [0.29, 0.717) is 0 Å². The smallest absolute Gasteiger partial charge is 0.110 e. The number of imidazole rings is 1. The molecule has 0 saturated carbocycles. The minimum atomic E-state index is 0.779. The Hall–Kier alpha value is -4.42. The Morgan fingerprint density at radius 1 is 0.868 bits per heavy atom. The SMILES string of the molecule is CCCc1nc2c(C)cc(-c3ccccc3)cc2n1Cc1ccc2c(c1)CCc1ccccc1/C2=C\C#N. The van der Waals surface area contributed by atoms with Gasteiger partial charge in [-0.05, 0) is 88.4 Å². The Morgan fingerprint density at radius 2 is 1.63 bits per heavy atom. The average Bonchev–Trinajstić information content (AvgIpc) is 3.20. The van der Waals surface area contributed by atoms with Gasteiger partial charge in [-0.25, -0.2) is 4.98 Å². The highest BCUT2D eigenvalue weighted by molar-refractivity contribution is 5.87. The van der Waals surface area contributed by atoms with Crippen LogP contribution in [0.5, 0.6) is 0 Å². The van der Waals surface area contributed by atoms with Crippen LogP contribution in [0.4, 0.5) is 0 Å². The summed E-state index contributed by atoms with van der Waals surface area (Å²) < 4.78 is 2.41. The minimum absolute atomic E-state index is 0.779. The van der Waals surface area contributed by atoms with Gasteiger partial charge in [0.1, 0.15) is 5.82 Å². The lowest BCUT2D eigenvalue weighted by Gasteiger charge is -2.14. The Bertz CT molecular complexity index is 1710. The number of nitrogens with zero attached hydrogens (tertiary/aromatic N) is 3. The van der Waals surface area contributed by atoms with Crippen molar-refractivity contribution in [1.82, 2.24) is 9.55 Å². The summed E-state index contributed by atoms with van der Waals surface area (Å²) in [6.45, 7) is 5.17. The van der Waals surface area contributed by atoms with Crippen molar-refractivity contribution in [2.45, 2.75) is 46.1 Å². The number of benzene rings is 4. The van der Waals surface area contributed by atoms with Gasteiger partial charge in [0.05, 0.1) is 17.1 Å². The van der Waals surface area contributed by atoms with Crippen LogP contribution in [0.2, 0.25) is 0 Å². The molecule has 0 unspecified atom stereocenters.